The van der Waals surface area contributed by atoms with Crippen LogP contribution in [-0.4, -0.2) is 28.2 Å². The van der Waals surface area contributed by atoms with Crippen molar-refractivity contribution >= 4 is 33.0 Å². The molecule has 0 bridgehead atoms. The van der Waals surface area contributed by atoms with E-state index in [2.05, 4.69) is 14.8 Å². The lowest BCUT2D eigenvalue weighted by molar-refractivity contribution is 0.539. The van der Waals surface area contributed by atoms with Crippen LogP contribution < -0.4 is 10.5 Å². The number of nitrogens with one attached hydrogen (secondary N) is 1. The molecule has 0 aromatic carbocycles. The first-order valence-corrected chi connectivity index (χ1v) is 8.03. The molecule has 0 saturated carbocycles. The number of nitrogens with zero attached hydrogens (tertiary/aromatic N) is 3. The summed E-state index contributed by atoms with van der Waals surface area (Å²) in [5.41, 5.74) is 5.59. The number of sulfonamides is 1. The SMILES string of the molecule is CC(C)n1nccc1NS(=O)(=O)c1cccnc1C(N)=S. The highest BCUT2D eigenvalue weighted by Gasteiger charge is 2.22. The molecule has 0 saturated heterocycles. The quantitative estimate of drug-likeness (QED) is 0.803. The topological polar surface area (TPSA) is 103 Å². The summed E-state index contributed by atoms with van der Waals surface area (Å²) in [6.45, 7) is 3.80. The second-order valence-electron chi connectivity index (χ2n) is 4.57. The van der Waals surface area contributed by atoms with Gasteiger partial charge in [-0.3, -0.25) is 9.71 Å². The van der Waals surface area contributed by atoms with Gasteiger partial charge in [-0.05, 0) is 26.0 Å². The fraction of sp³-hybridized carbons (Fsp3) is 0.250. The number of nitrogens with two attached hydrogens (primary N) is 1. The molecular formula is C12H15N5O2S2. The lowest BCUT2D eigenvalue weighted by Gasteiger charge is -2.14. The fourth-order valence-corrected chi connectivity index (χ4v) is 3.24. The smallest absolute Gasteiger partial charge is 0.265 e. The minimum absolute atomic E-state index is 0.0154. The van der Waals surface area contributed by atoms with Gasteiger partial charge in [0.15, 0.2) is 0 Å². The molecule has 0 aliphatic heterocycles. The summed E-state index contributed by atoms with van der Waals surface area (Å²) in [6, 6.07) is 4.51. The predicted molar refractivity (Wildman–Crippen MR) is 83.5 cm³/mol. The number of hydrogen-bond donors (Lipinski definition) is 2. The molecular weight excluding hydrogens is 310 g/mol. The Morgan fingerprint density at radius 3 is 2.71 bits per heavy atom. The van der Waals surface area contributed by atoms with Crippen LogP contribution in [0.25, 0.3) is 0 Å². The predicted octanol–water partition coefficient (Wildman–Crippen LogP) is 1.29. The monoisotopic (exact) mass is 325 g/mol. The van der Waals surface area contributed by atoms with E-state index in [9.17, 15) is 8.42 Å². The maximum absolute atomic E-state index is 12.5. The van der Waals surface area contributed by atoms with E-state index in [0.717, 1.165) is 0 Å². The molecule has 2 aromatic rings. The highest BCUT2D eigenvalue weighted by Crippen LogP contribution is 2.20. The number of pyridine rings is 1. The molecule has 0 atom stereocenters. The van der Waals surface area contributed by atoms with Gasteiger partial charge in [0, 0.05) is 18.3 Å². The van der Waals surface area contributed by atoms with Gasteiger partial charge in [-0.25, -0.2) is 13.1 Å². The maximum atomic E-state index is 12.5. The Hall–Kier alpha value is -2.00. The number of hydrogen-bond acceptors (Lipinski definition) is 5. The van der Waals surface area contributed by atoms with Gasteiger partial charge >= 0.3 is 0 Å². The van der Waals surface area contributed by atoms with Crippen LogP contribution >= 0.6 is 12.2 Å². The van der Waals surface area contributed by atoms with Gasteiger partial charge in [-0.2, -0.15) is 5.10 Å². The Bertz CT molecular complexity index is 767. The maximum Gasteiger partial charge on any atom is 0.265 e. The Balaban J connectivity index is 2.44. The number of thiocarbonyl (C=S) groups is 1. The molecule has 2 heterocycles. The summed E-state index contributed by atoms with van der Waals surface area (Å²) in [4.78, 5) is 3.79. The van der Waals surface area contributed by atoms with Gasteiger partial charge in [-0.15, -0.1) is 0 Å². The van der Waals surface area contributed by atoms with Crippen molar-refractivity contribution in [2.24, 2.45) is 5.73 Å². The van der Waals surface area contributed by atoms with Crippen LogP contribution in [0.5, 0.6) is 0 Å². The molecule has 3 N–H and O–H groups in total. The summed E-state index contributed by atoms with van der Waals surface area (Å²) in [7, 11) is -3.86. The first kappa shape index (κ1) is 15.4. The van der Waals surface area contributed by atoms with Gasteiger partial charge in [0.1, 0.15) is 21.4 Å². The van der Waals surface area contributed by atoms with Gasteiger partial charge in [0.25, 0.3) is 10.0 Å². The Morgan fingerprint density at radius 2 is 2.10 bits per heavy atom. The highest BCUT2D eigenvalue weighted by atomic mass is 32.2. The lowest BCUT2D eigenvalue weighted by Crippen LogP contribution is -2.22. The van der Waals surface area contributed by atoms with E-state index >= 15 is 0 Å². The second-order valence-corrected chi connectivity index (χ2v) is 6.67. The van der Waals surface area contributed by atoms with Gasteiger partial charge in [-0.1, -0.05) is 12.2 Å². The summed E-state index contributed by atoms with van der Waals surface area (Å²) >= 11 is 4.84. The zero-order valence-corrected chi connectivity index (χ0v) is 13.1. The number of aromatic nitrogens is 3. The van der Waals surface area contributed by atoms with Crippen molar-refractivity contribution in [3.8, 4) is 0 Å². The van der Waals surface area contributed by atoms with Crippen molar-refractivity contribution in [2.75, 3.05) is 4.72 Å². The highest BCUT2D eigenvalue weighted by molar-refractivity contribution is 7.93. The molecule has 0 radical (unpaired) electrons. The zero-order chi connectivity index (χ0) is 15.6. The standard InChI is InChI=1S/C12H15N5O2S2/c1-8(2)17-10(5-7-15-17)16-21(18,19)9-4-3-6-14-11(9)12(13)20/h3-8,16H,1-2H3,(H2,13,20). The Labute approximate surface area is 128 Å². The Morgan fingerprint density at radius 1 is 1.38 bits per heavy atom. The van der Waals surface area contributed by atoms with Crippen molar-refractivity contribution in [3.05, 3.63) is 36.3 Å². The van der Waals surface area contributed by atoms with E-state index in [4.69, 9.17) is 18.0 Å². The normalized spacial score (nSPS) is 11.6. The van der Waals surface area contributed by atoms with Crippen LogP contribution in [-0.2, 0) is 10.0 Å². The minimum atomic E-state index is -3.86. The molecule has 0 aliphatic rings. The molecule has 0 amide bonds. The summed E-state index contributed by atoms with van der Waals surface area (Å²) in [5, 5.41) is 4.07. The van der Waals surface area contributed by atoms with Crippen LogP contribution in [0.3, 0.4) is 0 Å². The molecule has 0 spiro atoms. The summed E-state index contributed by atoms with van der Waals surface area (Å²) in [6.07, 6.45) is 2.96. The van der Waals surface area contributed by atoms with E-state index < -0.39 is 10.0 Å². The van der Waals surface area contributed by atoms with Crippen LogP contribution in [0, 0.1) is 0 Å². The first-order chi connectivity index (χ1) is 9.83. The van der Waals surface area contributed by atoms with Crippen LogP contribution in [0.2, 0.25) is 0 Å². The van der Waals surface area contributed by atoms with Crippen molar-refractivity contribution < 1.29 is 8.42 Å². The first-order valence-electron chi connectivity index (χ1n) is 6.14. The van der Waals surface area contributed by atoms with Crippen molar-refractivity contribution in [1.29, 1.82) is 0 Å². The van der Waals surface area contributed by atoms with Crippen molar-refractivity contribution in [1.82, 2.24) is 14.8 Å². The molecule has 0 fully saturated rings. The molecule has 112 valence electrons. The molecule has 2 rings (SSSR count). The number of rotatable bonds is 5. The average molecular weight is 325 g/mol. The molecule has 0 aliphatic carbocycles. The third-order valence-electron chi connectivity index (χ3n) is 2.69. The van der Waals surface area contributed by atoms with E-state index in [1.807, 2.05) is 13.8 Å². The van der Waals surface area contributed by atoms with E-state index in [1.165, 1.54) is 24.5 Å². The van der Waals surface area contributed by atoms with Crippen LogP contribution in [0.4, 0.5) is 5.82 Å². The third-order valence-corrected chi connectivity index (χ3v) is 4.27. The third kappa shape index (κ3) is 3.19. The second kappa shape index (κ2) is 5.78. The van der Waals surface area contributed by atoms with Crippen LogP contribution in [0.1, 0.15) is 25.6 Å². The van der Waals surface area contributed by atoms with Gasteiger partial charge in [0.05, 0.1) is 6.20 Å². The fourth-order valence-electron chi connectivity index (χ4n) is 1.79. The van der Waals surface area contributed by atoms with Gasteiger partial charge < -0.3 is 5.73 Å². The molecule has 0 unspecified atom stereocenters. The Kier molecular flexibility index (Phi) is 4.24. The molecule has 9 heteroatoms. The van der Waals surface area contributed by atoms with E-state index in [1.54, 1.807) is 10.7 Å². The summed E-state index contributed by atoms with van der Waals surface area (Å²) in [5.74, 6) is 0.364. The summed E-state index contributed by atoms with van der Waals surface area (Å²) < 4.78 is 29.0. The minimum Gasteiger partial charge on any atom is -0.388 e. The number of anilines is 1. The zero-order valence-electron chi connectivity index (χ0n) is 11.5. The lowest BCUT2D eigenvalue weighted by atomic mass is 10.3. The molecule has 2 aromatic heterocycles. The molecule has 7 nitrogen and oxygen atoms in total. The van der Waals surface area contributed by atoms with Crippen LogP contribution in [0.15, 0.2) is 35.5 Å². The van der Waals surface area contributed by atoms with E-state index in [-0.39, 0.29) is 21.6 Å². The largest absolute Gasteiger partial charge is 0.388 e. The van der Waals surface area contributed by atoms with Gasteiger partial charge in [0.2, 0.25) is 0 Å². The molecule has 21 heavy (non-hydrogen) atoms. The van der Waals surface area contributed by atoms with E-state index in [0.29, 0.717) is 5.82 Å². The van der Waals surface area contributed by atoms with Crippen molar-refractivity contribution in [3.63, 3.8) is 0 Å². The van der Waals surface area contributed by atoms with Crippen molar-refractivity contribution in [2.45, 2.75) is 24.8 Å². The average Bonchev–Trinajstić information content (AvgIpc) is 2.86.